The van der Waals surface area contributed by atoms with Crippen LogP contribution in [0.15, 0.2) is 47.5 Å². The van der Waals surface area contributed by atoms with E-state index in [0.717, 1.165) is 12.0 Å². The van der Waals surface area contributed by atoms with Crippen LogP contribution in [0.1, 0.15) is 18.4 Å². The van der Waals surface area contributed by atoms with E-state index in [2.05, 4.69) is 25.6 Å². The first-order chi connectivity index (χ1) is 17.6. The van der Waals surface area contributed by atoms with Crippen molar-refractivity contribution in [2.75, 3.05) is 23.7 Å². The van der Waals surface area contributed by atoms with E-state index in [0.29, 0.717) is 36.3 Å². The fraction of sp³-hybridized carbons (Fsp3) is 0.292. The van der Waals surface area contributed by atoms with Crippen LogP contribution < -0.4 is 10.6 Å². The number of hydrogen-bond donors (Lipinski definition) is 2. The van der Waals surface area contributed by atoms with Crippen molar-refractivity contribution in [3.63, 3.8) is 0 Å². The van der Waals surface area contributed by atoms with E-state index in [1.807, 2.05) is 6.92 Å². The van der Waals surface area contributed by atoms with Crippen molar-refractivity contribution >= 4 is 38.8 Å². The van der Waals surface area contributed by atoms with E-state index in [4.69, 9.17) is 0 Å². The molecule has 3 heterocycles. The van der Waals surface area contributed by atoms with Gasteiger partial charge in [-0.05, 0) is 31.9 Å². The third-order valence-electron chi connectivity index (χ3n) is 6.23. The van der Waals surface area contributed by atoms with Gasteiger partial charge in [-0.15, -0.1) is 0 Å². The quantitative estimate of drug-likeness (QED) is 0.386. The Kier molecular flexibility index (Phi) is 6.50. The molecule has 0 unspecified atom stereocenters. The lowest BCUT2D eigenvalue weighted by molar-refractivity contribution is 0.326. The molecule has 1 atom stereocenters. The number of nitrogens with one attached hydrogen (secondary N) is 2. The van der Waals surface area contributed by atoms with Gasteiger partial charge in [0.1, 0.15) is 17.0 Å². The first kappa shape index (κ1) is 25.0. The molecule has 4 aromatic rings. The van der Waals surface area contributed by atoms with Crippen LogP contribution in [0.4, 0.5) is 30.8 Å². The molecule has 1 aliphatic rings. The van der Waals surface area contributed by atoms with Crippen molar-refractivity contribution in [1.82, 2.24) is 23.8 Å². The van der Waals surface area contributed by atoms with E-state index < -0.39 is 33.2 Å². The van der Waals surface area contributed by atoms with Gasteiger partial charge in [-0.2, -0.15) is 9.29 Å². The largest absolute Gasteiger partial charge is 0.350 e. The van der Waals surface area contributed by atoms with Crippen molar-refractivity contribution in [3.05, 3.63) is 65.6 Å². The minimum Gasteiger partial charge on any atom is -0.350 e. The van der Waals surface area contributed by atoms with E-state index >= 15 is 0 Å². The Balaban J connectivity index is 1.34. The monoisotopic (exact) mass is 531 g/mol. The number of aryl methyl sites for hydroxylation is 2. The molecule has 0 aliphatic carbocycles. The molecule has 5 rings (SSSR count). The summed E-state index contributed by atoms with van der Waals surface area (Å²) in [4.78, 5) is 13.3. The summed E-state index contributed by atoms with van der Waals surface area (Å²) in [6.45, 7) is 2.56. The van der Waals surface area contributed by atoms with Gasteiger partial charge >= 0.3 is 0 Å². The SMILES string of the molecule is Cc1ccc(S(=O)(=O)N2CCC[C@@H](Nc3ncc4nc(Nc5c(F)cc(F)cc5F)n(C)c4n3)C2)cc1. The van der Waals surface area contributed by atoms with Crippen LogP contribution in [0, 0.1) is 24.4 Å². The van der Waals surface area contributed by atoms with Crippen molar-refractivity contribution in [2.45, 2.75) is 30.7 Å². The molecule has 0 saturated carbocycles. The van der Waals surface area contributed by atoms with Crippen LogP contribution >= 0.6 is 0 Å². The standard InChI is InChI=1S/C24H24F3N7O2S/c1-14-5-7-17(8-6-14)37(35,36)34-9-3-4-16(13-34)29-23-28-12-20-22(32-23)33(2)24(30-20)31-21-18(26)10-15(25)11-19(21)27/h5-8,10-12,16H,3-4,9,13H2,1-2H3,(H,30,31)(H,28,29,32)/t16-/m1/s1. The molecule has 1 aliphatic heterocycles. The van der Waals surface area contributed by atoms with Gasteiger partial charge in [0, 0.05) is 38.3 Å². The minimum atomic E-state index is -3.64. The third kappa shape index (κ3) is 4.96. The number of imidazole rings is 1. The number of piperidine rings is 1. The van der Waals surface area contributed by atoms with Crippen LogP contribution in [0.2, 0.25) is 0 Å². The zero-order chi connectivity index (χ0) is 26.3. The summed E-state index contributed by atoms with van der Waals surface area (Å²) in [7, 11) is -2.03. The Morgan fingerprint density at radius 2 is 1.76 bits per heavy atom. The van der Waals surface area contributed by atoms with Crippen molar-refractivity contribution in [2.24, 2.45) is 7.05 Å². The molecule has 2 aromatic heterocycles. The highest BCUT2D eigenvalue weighted by Gasteiger charge is 2.30. The molecule has 0 amide bonds. The van der Waals surface area contributed by atoms with E-state index in [-0.39, 0.29) is 29.4 Å². The Labute approximate surface area is 211 Å². The Morgan fingerprint density at radius 1 is 1.05 bits per heavy atom. The number of anilines is 3. The predicted molar refractivity (Wildman–Crippen MR) is 132 cm³/mol. The summed E-state index contributed by atoms with van der Waals surface area (Å²) in [5, 5.41) is 5.74. The molecule has 37 heavy (non-hydrogen) atoms. The summed E-state index contributed by atoms with van der Waals surface area (Å²) in [5.74, 6) is -2.87. The predicted octanol–water partition coefficient (Wildman–Crippen LogP) is 4.10. The van der Waals surface area contributed by atoms with Crippen molar-refractivity contribution in [3.8, 4) is 0 Å². The Hall–Kier alpha value is -3.71. The zero-order valence-electron chi connectivity index (χ0n) is 20.0. The summed E-state index contributed by atoms with van der Waals surface area (Å²) < 4.78 is 70.6. The molecule has 13 heteroatoms. The van der Waals surface area contributed by atoms with Crippen molar-refractivity contribution in [1.29, 1.82) is 0 Å². The van der Waals surface area contributed by atoms with Crippen molar-refractivity contribution < 1.29 is 21.6 Å². The van der Waals surface area contributed by atoms with E-state index in [9.17, 15) is 21.6 Å². The molecular weight excluding hydrogens is 507 g/mol. The molecule has 2 aromatic carbocycles. The van der Waals surface area contributed by atoms with Crippen LogP contribution in [-0.4, -0.2) is 51.4 Å². The van der Waals surface area contributed by atoms with Gasteiger partial charge < -0.3 is 10.6 Å². The average Bonchev–Trinajstić information content (AvgIpc) is 3.16. The maximum Gasteiger partial charge on any atom is 0.243 e. The second kappa shape index (κ2) is 9.63. The highest BCUT2D eigenvalue weighted by molar-refractivity contribution is 7.89. The van der Waals surface area contributed by atoms with E-state index in [1.165, 1.54) is 15.1 Å². The number of hydrogen-bond acceptors (Lipinski definition) is 7. The molecule has 9 nitrogen and oxygen atoms in total. The van der Waals surface area contributed by atoms with Gasteiger partial charge in [-0.1, -0.05) is 17.7 Å². The van der Waals surface area contributed by atoms with Crippen LogP contribution in [0.3, 0.4) is 0 Å². The van der Waals surface area contributed by atoms with Gasteiger partial charge in [-0.25, -0.2) is 31.6 Å². The number of aromatic nitrogens is 4. The van der Waals surface area contributed by atoms with Gasteiger partial charge in [0.25, 0.3) is 0 Å². The molecule has 0 radical (unpaired) electrons. The second-order valence-corrected chi connectivity index (χ2v) is 10.9. The molecule has 0 spiro atoms. The highest BCUT2D eigenvalue weighted by atomic mass is 32.2. The van der Waals surface area contributed by atoms with E-state index in [1.54, 1.807) is 31.3 Å². The molecule has 0 bridgehead atoms. The maximum absolute atomic E-state index is 14.1. The fourth-order valence-electron chi connectivity index (χ4n) is 4.26. The van der Waals surface area contributed by atoms with Crippen LogP contribution in [-0.2, 0) is 17.1 Å². The van der Waals surface area contributed by atoms with Gasteiger partial charge in [0.15, 0.2) is 17.3 Å². The summed E-state index contributed by atoms with van der Waals surface area (Å²) in [5.41, 5.74) is 1.18. The average molecular weight is 532 g/mol. The number of sulfonamides is 1. The first-order valence-electron chi connectivity index (χ1n) is 11.6. The van der Waals surface area contributed by atoms with Gasteiger partial charge in [0.2, 0.25) is 21.9 Å². The molecular formula is C24H24F3N7O2S. The number of nitrogens with zero attached hydrogens (tertiary/aromatic N) is 5. The first-order valence-corrected chi connectivity index (χ1v) is 13.0. The summed E-state index contributed by atoms with van der Waals surface area (Å²) in [6.07, 6.45) is 2.85. The number of benzene rings is 2. The minimum absolute atomic E-state index is 0.0823. The lowest BCUT2D eigenvalue weighted by Crippen LogP contribution is -2.45. The lowest BCUT2D eigenvalue weighted by atomic mass is 10.1. The number of rotatable bonds is 6. The van der Waals surface area contributed by atoms with Crippen LogP contribution in [0.5, 0.6) is 0 Å². The van der Waals surface area contributed by atoms with Crippen LogP contribution in [0.25, 0.3) is 11.2 Å². The Bertz CT molecular complexity index is 1550. The second-order valence-electron chi connectivity index (χ2n) is 8.93. The lowest BCUT2D eigenvalue weighted by Gasteiger charge is -2.32. The van der Waals surface area contributed by atoms with Gasteiger partial charge in [-0.3, -0.25) is 4.57 Å². The molecule has 1 fully saturated rings. The molecule has 1 saturated heterocycles. The third-order valence-corrected chi connectivity index (χ3v) is 8.11. The smallest absolute Gasteiger partial charge is 0.243 e. The fourth-order valence-corrected chi connectivity index (χ4v) is 5.78. The zero-order valence-corrected chi connectivity index (χ0v) is 20.9. The molecule has 194 valence electrons. The Morgan fingerprint density at radius 3 is 2.46 bits per heavy atom. The van der Waals surface area contributed by atoms with Gasteiger partial charge in [0.05, 0.1) is 11.1 Å². The molecule has 2 N–H and O–H groups in total. The number of fused-ring (bicyclic) bond motifs is 1. The maximum atomic E-state index is 14.1. The topological polar surface area (TPSA) is 105 Å². The summed E-state index contributed by atoms with van der Waals surface area (Å²) in [6, 6.07) is 7.67. The normalized spacial score (nSPS) is 16.7. The number of halogens is 3. The highest BCUT2D eigenvalue weighted by Crippen LogP contribution is 2.27. The summed E-state index contributed by atoms with van der Waals surface area (Å²) >= 11 is 0.